The minimum Gasteiger partial charge on any atom is -0.461 e. The lowest BCUT2D eigenvalue weighted by Crippen LogP contribution is -2.18. The summed E-state index contributed by atoms with van der Waals surface area (Å²) >= 11 is 0. The van der Waals surface area contributed by atoms with Crippen LogP contribution in [0.3, 0.4) is 0 Å². The Labute approximate surface area is 100 Å². The van der Waals surface area contributed by atoms with Crippen LogP contribution in [0, 0.1) is 6.92 Å². The lowest BCUT2D eigenvalue weighted by atomic mass is 10.2. The van der Waals surface area contributed by atoms with E-state index in [2.05, 4.69) is 4.72 Å². The van der Waals surface area contributed by atoms with Crippen molar-refractivity contribution in [1.82, 2.24) is 4.72 Å². The summed E-state index contributed by atoms with van der Waals surface area (Å²) < 4.78 is 30.8. The first kappa shape index (κ1) is 11.9. The van der Waals surface area contributed by atoms with Crippen LogP contribution in [0.15, 0.2) is 45.7 Å². The highest BCUT2D eigenvalue weighted by Gasteiger charge is 2.11. The summed E-state index contributed by atoms with van der Waals surface area (Å²) in [6.45, 7) is 1.86. The molecule has 1 aromatic heterocycles. The molecule has 4 nitrogen and oxygen atoms in total. The zero-order valence-corrected chi connectivity index (χ0v) is 10.4. The summed E-state index contributed by atoms with van der Waals surface area (Å²) in [6.07, 6.45) is 0. The molecule has 5 heteroatoms. The van der Waals surface area contributed by atoms with Gasteiger partial charge in [0.1, 0.15) is 11.5 Å². The quantitative estimate of drug-likeness (QED) is 0.909. The van der Waals surface area contributed by atoms with Gasteiger partial charge in [-0.25, -0.2) is 13.1 Å². The number of aryl methyl sites for hydroxylation is 1. The lowest BCUT2D eigenvalue weighted by Gasteiger charge is -2.03. The maximum atomic E-state index is 11.5. The van der Waals surface area contributed by atoms with Gasteiger partial charge in [0, 0.05) is 5.56 Å². The lowest BCUT2D eigenvalue weighted by molar-refractivity contribution is 0.548. The van der Waals surface area contributed by atoms with Crippen molar-refractivity contribution in [3.63, 3.8) is 0 Å². The molecule has 0 fully saturated rings. The van der Waals surface area contributed by atoms with E-state index < -0.39 is 10.0 Å². The molecule has 0 spiro atoms. The van der Waals surface area contributed by atoms with E-state index in [1.165, 1.54) is 7.05 Å². The fourth-order valence-corrected chi connectivity index (χ4v) is 2.24. The Morgan fingerprint density at radius 1 is 1.06 bits per heavy atom. The average Bonchev–Trinajstić information content (AvgIpc) is 2.76. The van der Waals surface area contributed by atoms with E-state index >= 15 is 0 Å². The molecule has 0 bridgehead atoms. The third-order valence-electron chi connectivity index (χ3n) is 2.46. The Balaban J connectivity index is 2.37. The fourth-order valence-electron chi connectivity index (χ4n) is 1.51. The van der Waals surface area contributed by atoms with Gasteiger partial charge in [0.2, 0.25) is 10.0 Å². The molecule has 0 aliphatic heterocycles. The Morgan fingerprint density at radius 3 is 2.18 bits per heavy atom. The normalized spacial score (nSPS) is 11.6. The van der Waals surface area contributed by atoms with Crippen LogP contribution in [0.25, 0.3) is 11.3 Å². The van der Waals surface area contributed by atoms with E-state index in [4.69, 9.17) is 4.42 Å². The highest BCUT2D eigenvalue weighted by Crippen LogP contribution is 2.23. The molecular formula is C12H13NO3S. The average molecular weight is 251 g/mol. The molecule has 0 radical (unpaired) electrons. The highest BCUT2D eigenvalue weighted by molar-refractivity contribution is 7.89. The molecule has 0 saturated carbocycles. The summed E-state index contributed by atoms with van der Waals surface area (Å²) in [4.78, 5) is 0.243. The Bertz CT molecular complexity index is 611. The number of sulfonamides is 1. The van der Waals surface area contributed by atoms with E-state index in [0.717, 1.165) is 17.1 Å². The number of nitrogens with one attached hydrogen (secondary N) is 1. The van der Waals surface area contributed by atoms with Crippen LogP contribution >= 0.6 is 0 Å². The van der Waals surface area contributed by atoms with Crippen molar-refractivity contribution in [2.24, 2.45) is 0 Å². The molecule has 0 saturated heterocycles. The van der Waals surface area contributed by atoms with Crippen molar-refractivity contribution >= 4 is 10.0 Å². The first-order valence-electron chi connectivity index (χ1n) is 5.13. The zero-order chi connectivity index (χ0) is 12.5. The number of hydrogen-bond acceptors (Lipinski definition) is 3. The van der Waals surface area contributed by atoms with E-state index in [0.29, 0.717) is 0 Å². The van der Waals surface area contributed by atoms with Gasteiger partial charge >= 0.3 is 0 Å². The molecule has 1 heterocycles. The largest absolute Gasteiger partial charge is 0.461 e. The van der Waals surface area contributed by atoms with Gasteiger partial charge in [-0.05, 0) is 50.4 Å². The predicted molar refractivity (Wildman–Crippen MR) is 65.1 cm³/mol. The molecule has 17 heavy (non-hydrogen) atoms. The molecule has 0 atom stereocenters. The van der Waals surface area contributed by atoms with E-state index in [1.807, 2.05) is 19.1 Å². The molecule has 1 aromatic carbocycles. The second kappa shape index (κ2) is 4.35. The minimum absolute atomic E-state index is 0.243. The van der Waals surface area contributed by atoms with Crippen LogP contribution < -0.4 is 4.72 Å². The fraction of sp³-hybridized carbons (Fsp3) is 0.167. The SMILES string of the molecule is CNS(=O)(=O)c1ccc(-c2ccc(C)o2)cc1. The van der Waals surface area contributed by atoms with Crippen LogP contribution in [0.4, 0.5) is 0 Å². The molecule has 2 rings (SSSR count). The molecule has 90 valence electrons. The smallest absolute Gasteiger partial charge is 0.240 e. The molecular weight excluding hydrogens is 238 g/mol. The molecule has 0 aliphatic carbocycles. The summed E-state index contributed by atoms with van der Waals surface area (Å²) in [7, 11) is -1.98. The summed E-state index contributed by atoms with van der Waals surface area (Å²) in [5.41, 5.74) is 0.855. The van der Waals surface area contributed by atoms with Gasteiger partial charge in [0.25, 0.3) is 0 Å². The topological polar surface area (TPSA) is 59.3 Å². The van der Waals surface area contributed by atoms with Crippen molar-refractivity contribution < 1.29 is 12.8 Å². The van der Waals surface area contributed by atoms with E-state index in [9.17, 15) is 8.42 Å². The number of benzene rings is 1. The number of furan rings is 1. The second-order valence-corrected chi connectivity index (χ2v) is 5.53. The number of rotatable bonds is 3. The van der Waals surface area contributed by atoms with Crippen molar-refractivity contribution in [2.45, 2.75) is 11.8 Å². The van der Waals surface area contributed by atoms with Crippen molar-refractivity contribution in [3.05, 3.63) is 42.2 Å². The van der Waals surface area contributed by atoms with Gasteiger partial charge < -0.3 is 4.42 Å². The van der Waals surface area contributed by atoms with Crippen molar-refractivity contribution in [3.8, 4) is 11.3 Å². The summed E-state index contributed by atoms with van der Waals surface area (Å²) in [5.74, 6) is 1.56. The van der Waals surface area contributed by atoms with Crippen LogP contribution in [0.2, 0.25) is 0 Å². The standard InChI is InChI=1S/C12H13NO3S/c1-9-3-8-12(16-9)10-4-6-11(7-5-10)17(14,15)13-2/h3-8,13H,1-2H3. The molecule has 0 unspecified atom stereocenters. The predicted octanol–water partition coefficient (Wildman–Crippen LogP) is 2.16. The van der Waals surface area contributed by atoms with E-state index in [1.54, 1.807) is 24.3 Å². The van der Waals surface area contributed by atoms with Gasteiger partial charge in [0.05, 0.1) is 4.90 Å². The maximum absolute atomic E-state index is 11.5. The minimum atomic E-state index is -3.37. The van der Waals surface area contributed by atoms with Gasteiger partial charge in [0.15, 0.2) is 0 Å². The Hall–Kier alpha value is -1.59. The van der Waals surface area contributed by atoms with Crippen molar-refractivity contribution in [2.75, 3.05) is 7.05 Å². The Morgan fingerprint density at radius 2 is 1.71 bits per heavy atom. The second-order valence-electron chi connectivity index (χ2n) is 3.64. The van der Waals surface area contributed by atoms with Gasteiger partial charge in [-0.15, -0.1) is 0 Å². The van der Waals surface area contributed by atoms with Crippen LogP contribution in [0.1, 0.15) is 5.76 Å². The molecule has 0 aliphatic rings. The van der Waals surface area contributed by atoms with Gasteiger partial charge in [-0.2, -0.15) is 0 Å². The third-order valence-corrected chi connectivity index (χ3v) is 3.89. The number of hydrogen-bond donors (Lipinski definition) is 1. The zero-order valence-electron chi connectivity index (χ0n) is 9.60. The van der Waals surface area contributed by atoms with E-state index in [-0.39, 0.29) is 4.90 Å². The van der Waals surface area contributed by atoms with Crippen molar-refractivity contribution in [1.29, 1.82) is 0 Å². The maximum Gasteiger partial charge on any atom is 0.240 e. The highest BCUT2D eigenvalue weighted by atomic mass is 32.2. The monoisotopic (exact) mass is 251 g/mol. The van der Waals surface area contributed by atoms with Crippen LogP contribution in [-0.4, -0.2) is 15.5 Å². The molecule has 1 N–H and O–H groups in total. The first-order chi connectivity index (χ1) is 8.03. The van der Waals surface area contributed by atoms with Crippen LogP contribution in [0.5, 0.6) is 0 Å². The Kier molecular flexibility index (Phi) is 3.04. The summed E-state index contributed by atoms with van der Waals surface area (Å²) in [5, 5.41) is 0. The summed E-state index contributed by atoms with van der Waals surface area (Å²) in [6, 6.07) is 10.3. The van der Waals surface area contributed by atoms with Gasteiger partial charge in [-0.3, -0.25) is 0 Å². The van der Waals surface area contributed by atoms with Crippen LogP contribution in [-0.2, 0) is 10.0 Å². The first-order valence-corrected chi connectivity index (χ1v) is 6.62. The molecule has 0 amide bonds. The van der Waals surface area contributed by atoms with Gasteiger partial charge in [-0.1, -0.05) is 0 Å². The third kappa shape index (κ3) is 2.40. The molecule has 2 aromatic rings.